The fraction of sp³-hybridized carbons (Fsp3) is 0.238. The van der Waals surface area contributed by atoms with Crippen molar-refractivity contribution in [2.24, 2.45) is 0 Å². The fourth-order valence-electron chi connectivity index (χ4n) is 3.10. The molecular formula is C21H23N3O3S. The Morgan fingerprint density at radius 1 is 1.07 bits per heavy atom. The quantitative estimate of drug-likeness (QED) is 0.672. The Hall–Kier alpha value is -3.06. The Balaban J connectivity index is 1.94. The van der Waals surface area contributed by atoms with E-state index in [2.05, 4.69) is 16.0 Å². The average molecular weight is 398 g/mol. The van der Waals surface area contributed by atoms with Gasteiger partial charge in [0, 0.05) is 11.8 Å². The first-order chi connectivity index (χ1) is 13.4. The molecule has 3 rings (SSSR count). The Kier molecular flexibility index (Phi) is 5.84. The second kappa shape index (κ2) is 8.31. The van der Waals surface area contributed by atoms with Crippen LogP contribution in [-0.2, 0) is 4.79 Å². The lowest BCUT2D eigenvalue weighted by Gasteiger charge is -2.30. The van der Waals surface area contributed by atoms with Crippen molar-refractivity contribution in [3.05, 3.63) is 64.9 Å². The Morgan fingerprint density at radius 2 is 1.79 bits per heavy atom. The van der Waals surface area contributed by atoms with Crippen LogP contribution in [-0.4, -0.2) is 25.2 Å². The molecule has 3 N–H and O–H groups in total. The smallest absolute Gasteiger partial charge is 0.255 e. The van der Waals surface area contributed by atoms with Crippen molar-refractivity contribution < 1.29 is 14.3 Å². The minimum absolute atomic E-state index is 0.242. The normalized spacial score (nSPS) is 16.1. The van der Waals surface area contributed by atoms with Crippen molar-refractivity contribution >= 4 is 28.9 Å². The Morgan fingerprint density at radius 3 is 2.43 bits per heavy atom. The van der Waals surface area contributed by atoms with Crippen molar-refractivity contribution in [2.45, 2.75) is 19.9 Å². The summed E-state index contributed by atoms with van der Waals surface area (Å²) in [4.78, 5) is 13.2. The number of hydrogen-bond donors (Lipinski definition) is 3. The van der Waals surface area contributed by atoms with Crippen LogP contribution in [0.25, 0.3) is 0 Å². The summed E-state index contributed by atoms with van der Waals surface area (Å²) in [6, 6.07) is 12.9. The number of amides is 1. The molecule has 0 unspecified atom stereocenters. The molecule has 0 bridgehead atoms. The van der Waals surface area contributed by atoms with Crippen molar-refractivity contribution in [3.63, 3.8) is 0 Å². The minimum atomic E-state index is -0.349. The van der Waals surface area contributed by atoms with Gasteiger partial charge in [-0.05, 0) is 43.8 Å². The van der Waals surface area contributed by atoms with E-state index in [0.29, 0.717) is 33.6 Å². The van der Waals surface area contributed by atoms with Crippen molar-refractivity contribution in [3.8, 4) is 11.5 Å². The summed E-state index contributed by atoms with van der Waals surface area (Å²) >= 11 is 5.30. The Bertz CT molecular complexity index is 938. The molecule has 1 heterocycles. The molecule has 0 spiro atoms. The van der Waals surface area contributed by atoms with Crippen molar-refractivity contribution in [2.75, 3.05) is 19.5 Å². The van der Waals surface area contributed by atoms with E-state index in [9.17, 15) is 4.79 Å². The maximum Gasteiger partial charge on any atom is 0.255 e. The number of carbonyl (C=O) groups is 1. The van der Waals surface area contributed by atoms with E-state index in [1.54, 1.807) is 32.4 Å². The molecule has 0 saturated carbocycles. The molecule has 2 aromatic rings. The number of allylic oxidation sites excluding steroid dienone is 1. The SMILES string of the molecule is COc1ccc(NC(=O)C2=C(C)NC(=S)N[C@@H]2c2ccc(C)cc2)c(OC)c1. The number of aryl methyl sites for hydroxylation is 1. The number of thiocarbonyl (C=S) groups is 1. The van der Waals surface area contributed by atoms with Gasteiger partial charge in [-0.2, -0.15) is 0 Å². The van der Waals surface area contributed by atoms with Crippen LogP contribution in [0.1, 0.15) is 24.1 Å². The molecule has 6 nitrogen and oxygen atoms in total. The highest BCUT2D eigenvalue weighted by molar-refractivity contribution is 7.80. The number of benzene rings is 2. The molecule has 0 aromatic heterocycles. The summed E-state index contributed by atoms with van der Waals surface area (Å²) in [5, 5.41) is 9.66. The van der Waals surface area contributed by atoms with Gasteiger partial charge in [-0.15, -0.1) is 0 Å². The molecule has 0 saturated heterocycles. The summed E-state index contributed by atoms with van der Waals surface area (Å²) in [6.07, 6.45) is 0. The van der Waals surface area contributed by atoms with Crippen LogP contribution < -0.4 is 25.4 Å². The van der Waals surface area contributed by atoms with Crippen LogP contribution in [0.3, 0.4) is 0 Å². The monoisotopic (exact) mass is 397 g/mol. The summed E-state index contributed by atoms with van der Waals surface area (Å²) < 4.78 is 10.6. The van der Waals surface area contributed by atoms with Crippen LogP contribution in [0, 0.1) is 6.92 Å². The van der Waals surface area contributed by atoms with Gasteiger partial charge < -0.3 is 25.4 Å². The highest BCUT2D eigenvalue weighted by Gasteiger charge is 2.30. The lowest BCUT2D eigenvalue weighted by Crippen LogP contribution is -2.45. The maximum atomic E-state index is 13.2. The maximum absolute atomic E-state index is 13.2. The number of carbonyl (C=O) groups excluding carboxylic acids is 1. The van der Waals surface area contributed by atoms with E-state index in [1.807, 2.05) is 38.1 Å². The van der Waals surface area contributed by atoms with Gasteiger partial charge in [0.25, 0.3) is 5.91 Å². The lowest BCUT2D eigenvalue weighted by atomic mass is 9.94. The van der Waals surface area contributed by atoms with E-state index in [0.717, 1.165) is 11.1 Å². The van der Waals surface area contributed by atoms with Gasteiger partial charge in [-0.3, -0.25) is 4.79 Å². The molecule has 0 fully saturated rings. The summed E-state index contributed by atoms with van der Waals surface area (Å²) in [5.41, 5.74) is 3.94. The predicted molar refractivity (Wildman–Crippen MR) is 114 cm³/mol. The number of hydrogen-bond acceptors (Lipinski definition) is 4. The third kappa shape index (κ3) is 4.09. The zero-order chi connectivity index (χ0) is 20.3. The van der Waals surface area contributed by atoms with Gasteiger partial charge in [0.2, 0.25) is 0 Å². The molecule has 0 radical (unpaired) electrons. The minimum Gasteiger partial charge on any atom is -0.497 e. The first kappa shape index (κ1) is 19.7. The fourth-order valence-corrected chi connectivity index (χ4v) is 3.37. The van der Waals surface area contributed by atoms with Crippen LogP contribution >= 0.6 is 12.2 Å². The molecular weight excluding hydrogens is 374 g/mol. The Labute approximate surface area is 169 Å². The lowest BCUT2D eigenvalue weighted by molar-refractivity contribution is -0.113. The van der Waals surface area contributed by atoms with E-state index >= 15 is 0 Å². The third-order valence-corrected chi connectivity index (χ3v) is 4.80. The predicted octanol–water partition coefficient (Wildman–Crippen LogP) is 3.44. The molecule has 146 valence electrons. The summed E-state index contributed by atoms with van der Waals surface area (Å²) in [5.74, 6) is 0.924. The first-order valence-corrected chi connectivity index (χ1v) is 9.22. The number of nitrogens with one attached hydrogen (secondary N) is 3. The molecule has 1 atom stereocenters. The summed E-state index contributed by atoms with van der Waals surface area (Å²) in [7, 11) is 3.13. The number of anilines is 1. The molecule has 1 aliphatic heterocycles. The third-order valence-electron chi connectivity index (χ3n) is 4.58. The standard InChI is InChI=1S/C21H23N3O3S/c1-12-5-7-14(8-6-12)19-18(13(2)22-21(28)24-19)20(25)23-16-10-9-15(26-3)11-17(16)27-4/h5-11,19H,1-4H3,(H,23,25)(H2,22,24,28)/t19-/m1/s1. The highest BCUT2D eigenvalue weighted by Crippen LogP contribution is 2.32. The second-order valence-corrected chi connectivity index (χ2v) is 6.91. The second-order valence-electron chi connectivity index (χ2n) is 6.50. The van der Waals surface area contributed by atoms with Crippen LogP contribution in [0.4, 0.5) is 5.69 Å². The van der Waals surface area contributed by atoms with E-state index < -0.39 is 0 Å². The molecule has 1 aliphatic rings. The largest absolute Gasteiger partial charge is 0.497 e. The topological polar surface area (TPSA) is 71.6 Å². The number of methoxy groups -OCH3 is 2. The van der Waals surface area contributed by atoms with Gasteiger partial charge in [0.05, 0.1) is 31.5 Å². The molecule has 0 aliphatic carbocycles. The zero-order valence-corrected chi connectivity index (χ0v) is 17.1. The van der Waals surface area contributed by atoms with Crippen LogP contribution in [0.2, 0.25) is 0 Å². The summed E-state index contributed by atoms with van der Waals surface area (Å²) in [6.45, 7) is 3.86. The van der Waals surface area contributed by atoms with Crippen LogP contribution in [0.5, 0.6) is 11.5 Å². The van der Waals surface area contributed by atoms with E-state index in [4.69, 9.17) is 21.7 Å². The average Bonchev–Trinajstić information content (AvgIpc) is 2.68. The first-order valence-electron chi connectivity index (χ1n) is 8.81. The van der Waals surface area contributed by atoms with E-state index in [1.165, 1.54) is 0 Å². The zero-order valence-electron chi connectivity index (χ0n) is 16.3. The van der Waals surface area contributed by atoms with Crippen LogP contribution in [0.15, 0.2) is 53.7 Å². The van der Waals surface area contributed by atoms with Gasteiger partial charge in [0.1, 0.15) is 11.5 Å². The van der Waals surface area contributed by atoms with Crippen molar-refractivity contribution in [1.82, 2.24) is 10.6 Å². The van der Waals surface area contributed by atoms with Gasteiger partial charge in [-0.25, -0.2) is 0 Å². The number of ether oxygens (including phenoxy) is 2. The number of rotatable bonds is 5. The van der Waals surface area contributed by atoms with Crippen molar-refractivity contribution in [1.29, 1.82) is 0 Å². The van der Waals surface area contributed by atoms with E-state index in [-0.39, 0.29) is 11.9 Å². The molecule has 1 amide bonds. The van der Waals surface area contributed by atoms with Gasteiger partial charge in [0.15, 0.2) is 5.11 Å². The van der Waals surface area contributed by atoms with Gasteiger partial charge in [-0.1, -0.05) is 29.8 Å². The highest BCUT2D eigenvalue weighted by atomic mass is 32.1. The molecule has 7 heteroatoms. The van der Waals surface area contributed by atoms with Gasteiger partial charge >= 0.3 is 0 Å². The molecule has 28 heavy (non-hydrogen) atoms. The molecule has 2 aromatic carbocycles.